The molecule has 0 aliphatic heterocycles. The molecule has 0 saturated carbocycles. The molecule has 0 aromatic heterocycles. The summed E-state index contributed by atoms with van der Waals surface area (Å²) in [6.07, 6.45) is -0.398. The topological polar surface area (TPSA) is 58.6 Å². The van der Waals surface area contributed by atoms with Crippen molar-refractivity contribution in [2.24, 2.45) is 0 Å². The number of aliphatic hydroxyl groups is 1. The van der Waals surface area contributed by atoms with E-state index in [0.29, 0.717) is 11.3 Å². The first-order valence-electron chi connectivity index (χ1n) is 6.79. The second-order valence-corrected chi connectivity index (χ2v) is 5.85. The predicted octanol–water partition coefficient (Wildman–Crippen LogP) is 3.18. The van der Waals surface area contributed by atoms with E-state index < -0.39 is 12.2 Å². The highest BCUT2D eigenvalue weighted by Gasteiger charge is 2.19. The molecule has 1 aromatic rings. The third-order valence-corrected chi connectivity index (χ3v) is 3.59. The number of hydrogen-bond donors (Lipinski definition) is 2. The fourth-order valence-electron chi connectivity index (χ4n) is 1.66. The zero-order chi connectivity index (χ0) is 15.3. The molecule has 3 atom stereocenters. The maximum absolute atomic E-state index is 12.0. The third-order valence-electron chi connectivity index (χ3n) is 3.10. The van der Waals surface area contributed by atoms with Gasteiger partial charge in [-0.25, -0.2) is 0 Å². The fourth-order valence-corrected chi connectivity index (χ4v) is 2.04. The zero-order valence-electron chi connectivity index (χ0n) is 12.3. The molecule has 2 N–H and O–H groups in total. The van der Waals surface area contributed by atoms with Crippen LogP contribution in [0.4, 0.5) is 0 Å². The number of hydrogen-bond acceptors (Lipinski definition) is 3. The van der Waals surface area contributed by atoms with Gasteiger partial charge in [-0.15, -0.1) is 0 Å². The molecule has 5 heteroatoms. The van der Waals surface area contributed by atoms with E-state index >= 15 is 0 Å². The van der Waals surface area contributed by atoms with Gasteiger partial charge in [0.15, 0.2) is 6.10 Å². The molecule has 0 heterocycles. The van der Waals surface area contributed by atoms with Crippen LogP contribution in [0, 0.1) is 0 Å². The van der Waals surface area contributed by atoms with Crippen LogP contribution >= 0.6 is 15.9 Å². The van der Waals surface area contributed by atoms with Crippen molar-refractivity contribution in [1.29, 1.82) is 0 Å². The van der Waals surface area contributed by atoms with Crippen molar-refractivity contribution in [2.45, 2.75) is 52.4 Å². The zero-order valence-corrected chi connectivity index (χ0v) is 13.9. The molecule has 3 unspecified atom stereocenters. The number of rotatable bonds is 6. The highest BCUT2D eigenvalue weighted by Crippen LogP contribution is 2.29. The Morgan fingerprint density at radius 3 is 2.60 bits per heavy atom. The molecule has 1 aromatic carbocycles. The second-order valence-electron chi connectivity index (χ2n) is 4.94. The number of benzene rings is 1. The fraction of sp³-hybridized carbons (Fsp3) is 0.533. The molecular formula is C15H22BrNO3. The molecule has 112 valence electrons. The minimum absolute atomic E-state index is 0.120. The number of nitrogens with one attached hydrogen (secondary N) is 1. The highest BCUT2D eigenvalue weighted by atomic mass is 79.9. The van der Waals surface area contributed by atoms with Gasteiger partial charge in [-0.05, 0) is 45.4 Å². The number of carbonyl (C=O) groups is 1. The summed E-state index contributed by atoms with van der Waals surface area (Å²) in [5.41, 5.74) is 0.655. The molecule has 0 fully saturated rings. The number of ether oxygens (including phenoxy) is 1. The maximum atomic E-state index is 12.0. The number of carbonyl (C=O) groups excluding carboxylic acids is 1. The predicted molar refractivity (Wildman–Crippen MR) is 82.8 cm³/mol. The lowest BCUT2D eigenvalue weighted by molar-refractivity contribution is -0.127. The van der Waals surface area contributed by atoms with Crippen LogP contribution in [0.1, 0.15) is 45.8 Å². The Labute approximate surface area is 128 Å². The molecule has 20 heavy (non-hydrogen) atoms. The third kappa shape index (κ3) is 4.80. The molecule has 1 rings (SSSR count). The normalized spacial score (nSPS) is 15.3. The van der Waals surface area contributed by atoms with Crippen LogP contribution in [0.25, 0.3) is 0 Å². The van der Waals surface area contributed by atoms with Crippen LogP contribution in [0.3, 0.4) is 0 Å². The van der Waals surface area contributed by atoms with Crippen molar-refractivity contribution in [3.63, 3.8) is 0 Å². The van der Waals surface area contributed by atoms with Gasteiger partial charge in [0.2, 0.25) is 0 Å². The first-order chi connectivity index (χ1) is 9.35. The Morgan fingerprint density at radius 1 is 1.40 bits per heavy atom. The lowest BCUT2D eigenvalue weighted by Crippen LogP contribution is -2.41. The Kier molecular flexibility index (Phi) is 6.49. The number of aliphatic hydroxyl groups excluding tert-OH is 1. The smallest absolute Gasteiger partial charge is 0.260 e. The summed E-state index contributed by atoms with van der Waals surface area (Å²) in [7, 11) is 0. The van der Waals surface area contributed by atoms with Crippen molar-refractivity contribution >= 4 is 21.8 Å². The van der Waals surface area contributed by atoms with Crippen LogP contribution in [0.15, 0.2) is 22.7 Å². The van der Waals surface area contributed by atoms with Gasteiger partial charge in [0, 0.05) is 16.1 Å². The quantitative estimate of drug-likeness (QED) is 0.833. The Balaban J connectivity index is 2.80. The molecule has 4 nitrogen and oxygen atoms in total. The van der Waals surface area contributed by atoms with E-state index in [9.17, 15) is 9.90 Å². The van der Waals surface area contributed by atoms with Crippen molar-refractivity contribution in [3.8, 4) is 5.75 Å². The minimum Gasteiger partial charge on any atom is -0.481 e. The first-order valence-corrected chi connectivity index (χ1v) is 7.59. The molecule has 0 radical (unpaired) electrons. The number of amides is 1. The van der Waals surface area contributed by atoms with Crippen LogP contribution in [-0.2, 0) is 4.79 Å². The van der Waals surface area contributed by atoms with Crippen molar-refractivity contribution in [1.82, 2.24) is 5.32 Å². The van der Waals surface area contributed by atoms with E-state index in [1.807, 2.05) is 19.9 Å². The molecule has 0 bridgehead atoms. The van der Waals surface area contributed by atoms with E-state index in [4.69, 9.17) is 4.74 Å². The van der Waals surface area contributed by atoms with Gasteiger partial charge in [-0.1, -0.05) is 22.9 Å². The Hall–Kier alpha value is -1.07. The maximum Gasteiger partial charge on any atom is 0.260 e. The summed E-state index contributed by atoms with van der Waals surface area (Å²) in [4.78, 5) is 12.0. The number of halogens is 1. The average Bonchev–Trinajstić information content (AvgIpc) is 2.40. The first kappa shape index (κ1) is 17.0. The van der Waals surface area contributed by atoms with E-state index in [-0.39, 0.29) is 11.9 Å². The summed E-state index contributed by atoms with van der Waals surface area (Å²) in [6, 6.07) is 5.48. The molecular weight excluding hydrogens is 322 g/mol. The SMILES string of the molecule is CCC(C)NC(=O)C(C)Oc1ccc(Br)cc1C(C)O. The van der Waals surface area contributed by atoms with Gasteiger partial charge in [0.05, 0.1) is 6.10 Å². The van der Waals surface area contributed by atoms with Crippen LogP contribution in [0.5, 0.6) is 5.75 Å². The van der Waals surface area contributed by atoms with Crippen molar-refractivity contribution in [3.05, 3.63) is 28.2 Å². The summed E-state index contributed by atoms with van der Waals surface area (Å²) in [5.74, 6) is 0.369. The second kappa shape index (κ2) is 7.64. The average molecular weight is 344 g/mol. The summed E-state index contributed by atoms with van der Waals surface area (Å²) in [5, 5.41) is 12.6. The summed E-state index contributed by atoms with van der Waals surface area (Å²) >= 11 is 3.36. The standard InChI is InChI=1S/C15H22BrNO3/c1-5-9(2)17-15(19)11(4)20-14-7-6-12(16)8-13(14)10(3)18/h6-11,18H,5H2,1-4H3,(H,17,19). The molecule has 0 aliphatic carbocycles. The van der Waals surface area contributed by atoms with Crippen molar-refractivity contribution < 1.29 is 14.6 Å². The Bertz CT molecular complexity index is 462. The van der Waals surface area contributed by atoms with E-state index in [1.165, 1.54) is 0 Å². The molecule has 0 aliphatic rings. The van der Waals surface area contributed by atoms with Crippen molar-refractivity contribution in [2.75, 3.05) is 0 Å². The largest absolute Gasteiger partial charge is 0.481 e. The van der Waals surface area contributed by atoms with E-state index in [0.717, 1.165) is 10.9 Å². The van der Waals surface area contributed by atoms with E-state index in [2.05, 4.69) is 21.2 Å². The lowest BCUT2D eigenvalue weighted by Gasteiger charge is -2.20. The van der Waals surface area contributed by atoms with Gasteiger partial charge in [0.1, 0.15) is 5.75 Å². The van der Waals surface area contributed by atoms with Gasteiger partial charge >= 0.3 is 0 Å². The van der Waals surface area contributed by atoms with Gasteiger partial charge < -0.3 is 15.2 Å². The van der Waals surface area contributed by atoms with Crippen LogP contribution < -0.4 is 10.1 Å². The molecule has 1 amide bonds. The van der Waals surface area contributed by atoms with Crippen LogP contribution in [0.2, 0.25) is 0 Å². The minimum atomic E-state index is -0.660. The summed E-state index contributed by atoms with van der Waals surface area (Å²) < 4.78 is 6.53. The molecule has 0 saturated heterocycles. The lowest BCUT2D eigenvalue weighted by atomic mass is 10.1. The summed E-state index contributed by atoms with van der Waals surface area (Å²) in [6.45, 7) is 7.33. The highest BCUT2D eigenvalue weighted by molar-refractivity contribution is 9.10. The van der Waals surface area contributed by atoms with Crippen LogP contribution in [-0.4, -0.2) is 23.2 Å². The molecule has 0 spiro atoms. The van der Waals surface area contributed by atoms with Gasteiger partial charge in [-0.2, -0.15) is 0 Å². The van der Waals surface area contributed by atoms with Gasteiger partial charge in [-0.3, -0.25) is 4.79 Å². The van der Waals surface area contributed by atoms with Gasteiger partial charge in [0.25, 0.3) is 5.91 Å². The monoisotopic (exact) mass is 343 g/mol. The Morgan fingerprint density at radius 2 is 2.05 bits per heavy atom. The van der Waals surface area contributed by atoms with E-state index in [1.54, 1.807) is 26.0 Å².